The molecule has 4 heteroatoms. The first kappa shape index (κ1) is 13.0. The number of benzene rings is 1. The van der Waals surface area contributed by atoms with E-state index in [4.69, 9.17) is 5.73 Å². The highest BCUT2D eigenvalue weighted by molar-refractivity contribution is 9.10. The summed E-state index contributed by atoms with van der Waals surface area (Å²) in [4.78, 5) is 8.99. The van der Waals surface area contributed by atoms with Crippen LogP contribution in [0, 0.1) is 6.92 Å². The van der Waals surface area contributed by atoms with Crippen molar-refractivity contribution in [2.45, 2.75) is 26.7 Å². The molecule has 0 aliphatic rings. The first-order valence-electron chi connectivity index (χ1n) is 5.89. The van der Waals surface area contributed by atoms with Crippen molar-refractivity contribution in [2.75, 3.05) is 5.73 Å². The maximum Gasteiger partial charge on any atom is 0.162 e. The molecular formula is C14H16BrN3. The molecule has 1 aromatic carbocycles. The predicted octanol–water partition coefficient (Wildman–Crippen LogP) is 3.92. The van der Waals surface area contributed by atoms with E-state index in [0.717, 1.165) is 21.3 Å². The van der Waals surface area contributed by atoms with Crippen LogP contribution in [0.3, 0.4) is 0 Å². The lowest BCUT2D eigenvalue weighted by molar-refractivity contribution is 0.836. The van der Waals surface area contributed by atoms with Gasteiger partial charge in [-0.15, -0.1) is 0 Å². The Kier molecular flexibility index (Phi) is 3.66. The van der Waals surface area contributed by atoms with Gasteiger partial charge in [-0.3, -0.25) is 0 Å². The van der Waals surface area contributed by atoms with Crippen LogP contribution in [0.15, 0.2) is 28.7 Å². The van der Waals surface area contributed by atoms with Gasteiger partial charge in [-0.1, -0.05) is 48.0 Å². The second kappa shape index (κ2) is 5.06. The normalized spacial score (nSPS) is 10.9. The molecule has 0 amide bonds. The lowest BCUT2D eigenvalue weighted by Crippen LogP contribution is -2.06. The molecule has 0 unspecified atom stereocenters. The van der Waals surface area contributed by atoms with Gasteiger partial charge in [-0.2, -0.15) is 0 Å². The SMILES string of the molecule is Cc1nc(-c2ccccc2Br)nc(N)c1C(C)C. The Labute approximate surface area is 116 Å². The van der Waals surface area contributed by atoms with Crippen LogP contribution in [0.1, 0.15) is 31.0 Å². The number of rotatable bonds is 2. The van der Waals surface area contributed by atoms with Gasteiger partial charge in [0.15, 0.2) is 5.82 Å². The van der Waals surface area contributed by atoms with Gasteiger partial charge in [0.05, 0.1) is 0 Å². The van der Waals surface area contributed by atoms with Crippen molar-refractivity contribution in [3.8, 4) is 11.4 Å². The molecule has 2 aromatic rings. The molecule has 0 aliphatic carbocycles. The first-order valence-corrected chi connectivity index (χ1v) is 6.69. The summed E-state index contributed by atoms with van der Waals surface area (Å²) in [5, 5.41) is 0. The Morgan fingerprint density at radius 1 is 1.17 bits per heavy atom. The van der Waals surface area contributed by atoms with Crippen molar-refractivity contribution < 1.29 is 0 Å². The van der Waals surface area contributed by atoms with E-state index in [1.165, 1.54) is 0 Å². The maximum absolute atomic E-state index is 6.04. The Hall–Kier alpha value is -1.42. The highest BCUT2D eigenvalue weighted by atomic mass is 79.9. The average molecular weight is 306 g/mol. The van der Waals surface area contributed by atoms with Crippen molar-refractivity contribution in [1.29, 1.82) is 0 Å². The summed E-state index contributed by atoms with van der Waals surface area (Å²) in [6, 6.07) is 7.88. The zero-order valence-corrected chi connectivity index (χ0v) is 12.3. The third-order valence-electron chi connectivity index (χ3n) is 2.86. The third-order valence-corrected chi connectivity index (χ3v) is 3.55. The van der Waals surface area contributed by atoms with E-state index in [-0.39, 0.29) is 0 Å². The monoisotopic (exact) mass is 305 g/mol. The number of halogens is 1. The van der Waals surface area contributed by atoms with Crippen LogP contribution in [-0.4, -0.2) is 9.97 Å². The fraction of sp³-hybridized carbons (Fsp3) is 0.286. The minimum absolute atomic E-state index is 0.332. The largest absolute Gasteiger partial charge is 0.383 e. The van der Waals surface area contributed by atoms with Gasteiger partial charge in [0.25, 0.3) is 0 Å². The van der Waals surface area contributed by atoms with Crippen LogP contribution < -0.4 is 5.73 Å². The van der Waals surface area contributed by atoms with Crippen molar-refractivity contribution >= 4 is 21.7 Å². The number of nitrogen functional groups attached to an aromatic ring is 1. The number of anilines is 1. The smallest absolute Gasteiger partial charge is 0.162 e. The van der Waals surface area contributed by atoms with E-state index in [1.807, 2.05) is 31.2 Å². The van der Waals surface area contributed by atoms with E-state index in [1.54, 1.807) is 0 Å². The van der Waals surface area contributed by atoms with E-state index < -0.39 is 0 Å². The fourth-order valence-electron chi connectivity index (χ4n) is 2.08. The van der Waals surface area contributed by atoms with Crippen molar-refractivity contribution in [1.82, 2.24) is 9.97 Å². The molecule has 1 heterocycles. The lowest BCUT2D eigenvalue weighted by atomic mass is 10.0. The van der Waals surface area contributed by atoms with Crippen LogP contribution in [0.25, 0.3) is 11.4 Å². The summed E-state index contributed by atoms with van der Waals surface area (Å²) in [7, 11) is 0. The van der Waals surface area contributed by atoms with Gasteiger partial charge in [-0.05, 0) is 18.9 Å². The van der Waals surface area contributed by atoms with Crippen molar-refractivity contribution in [2.24, 2.45) is 0 Å². The highest BCUT2D eigenvalue weighted by Gasteiger charge is 2.14. The second-order valence-corrected chi connectivity index (χ2v) is 5.42. The molecule has 3 nitrogen and oxygen atoms in total. The molecule has 0 aliphatic heterocycles. The standard InChI is InChI=1S/C14H16BrN3/c1-8(2)12-9(3)17-14(18-13(12)16)10-6-4-5-7-11(10)15/h4-8H,1-3H3,(H2,16,17,18). The van der Waals surface area contributed by atoms with E-state index in [9.17, 15) is 0 Å². The Bertz CT molecular complexity index is 556. The topological polar surface area (TPSA) is 51.8 Å². The van der Waals surface area contributed by atoms with Crippen LogP contribution >= 0.6 is 15.9 Å². The minimum atomic E-state index is 0.332. The van der Waals surface area contributed by atoms with Gasteiger partial charge in [0, 0.05) is 21.3 Å². The number of nitrogens with two attached hydrogens (primary N) is 1. The van der Waals surface area contributed by atoms with Gasteiger partial charge >= 0.3 is 0 Å². The molecule has 0 spiro atoms. The zero-order valence-electron chi connectivity index (χ0n) is 10.7. The summed E-state index contributed by atoms with van der Waals surface area (Å²) in [5.41, 5.74) is 8.99. The Balaban J connectivity index is 2.59. The van der Waals surface area contributed by atoms with Gasteiger partial charge in [-0.25, -0.2) is 9.97 Å². The van der Waals surface area contributed by atoms with E-state index in [0.29, 0.717) is 17.6 Å². The number of nitrogens with zero attached hydrogens (tertiary/aromatic N) is 2. The molecule has 0 atom stereocenters. The molecule has 2 rings (SSSR count). The van der Waals surface area contributed by atoms with Crippen LogP contribution in [0.4, 0.5) is 5.82 Å². The Morgan fingerprint density at radius 2 is 1.83 bits per heavy atom. The Morgan fingerprint density at radius 3 is 2.39 bits per heavy atom. The highest BCUT2D eigenvalue weighted by Crippen LogP contribution is 2.29. The van der Waals surface area contributed by atoms with Crippen molar-refractivity contribution in [3.05, 3.63) is 40.0 Å². The molecule has 0 fully saturated rings. The summed E-state index contributed by atoms with van der Waals surface area (Å²) < 4.78 is 0.973. The molecular weight excluding hydrogens is 290 g/mol. The van der Waals surface area contributed by atoms with Gasteiger partial charge in [0.1, 0.15) is 5.82 Å². The minimum Gasteiger partial charge on any atom is -0.383 e. The van der Waals surface area contributed by atoms with E-state index in [2.05, 4.69) is 39.7 Å². The summed E-state index contributed by atoms with van der Waals surface area (Å²) in [6.07, 6.45) is 0. The van der Waals surface area contributed by atoms with Crippen LogP contribution in [-0.2, 0) is 0 Å². The van der Waals surface area contributed by atoms with Crippen LogP contribution in [0.2, 0.25) is 0 Å². The van der Waals surface area contributed by atoms with Gasteiger partial charge in [0.2, 0.25) is 0 Å². The summed E-state index contributed by atoms with van der Waals surface area (Å²) in [6.45, 7) is 6.17. The molecule has 1 aromatic heterocycles. The number of hydrogen-bond acceptors (Lipinski definition) is 3. The molecule has 94 valence electrons. The lowest BCUT2D eigenvalue weighted by Gasteiger charge is -2.13. The molecule has 0 saturated carbocycles. The predicted molar refractivity (Wildman–Crippen MR) is 78.4 cm³/mol. The first-order chi connectivity index (χ1) is 8.50. The summed E-state index contributed by atoms with van der Waals surface area (Å²) in [5.74, 6) is 1.57. The molecule has 0 bridgehead atoms. The van der Waals surface area contributed by atoms with Crippen LogP contribution in [0.5, 0.6) is 0 Å². The van der Waals surface area contributed by atoms with Crippen molar-refractivity contribution in [3.63, 3.8) is 0 Å². The second-order valence-electron chi connectivity index (χ2n) is 4.57. The number of aromatic nitrogens is 2. The van der Waals surface area contributed by atoms with Gasteiger partial charge < -0.3 is 5.73 Å². The maximum atomic E-state index is 6.04. The molecule has 18 heavy (non-hydrogen) atoms. The third kappa shape index (κ3) is 2.38. The molecule has 0 radical (unpaired) electrons. The number of aryl methyl sites for hydroxylation is 1. The summed E-state index contributed by atoms with van der Waals surface area (Å²) >= 11 is 3.51. The number of hydrogen-bond donors (Lipinski definition) is 1. The molecule has 2 N–H and O–H groups in total. The zero-order chi connectivity index (χ0) is 13.3. The fourth-order valence-corrected chi connectivity index (χ4v) is 2.54. The average Bonchev–Trinajstić information content (AvgIpc) is 2.27. The van der Waals surface area contributed by atoms with E-state index >= 15 is 0 Å². The quantitative estimate of drug-likeness (QED) is 0.915. The molecule has 0 saturated heterocycles.